The third-order valence-electron chi connectivity index (χ3n) is 3.78. The third-order valence-corrected chi connectivity index (χ3v) is 3.78. The molecule has 2 rings (SSSR count). The predicted octanol–water partition coefficient (Wildman–Crippen LogP) is 0.823. The maximum absolute atomic E-state index is 10.8. The maximum atomic E-state index is 10.8. The lowest BCUT2D eigenvalue weighted by atomic mass is 9.71. The number of nitrogens with two attached hydrogens (primary N) is 1. The third kappa shape index (κ3) is 2.57. The highest BCUT2D eigenvalue weighted by atomic mass is 16.5. The molecular weight excluding hydrogens is 244 g/mol. The number of rotatable bonds is 5. The zero-order chi connectivity index (χ0) is 14.0. The molecule has 0 amide bonds. The van der Waals surface area contributed by atoms with Crippen LogP contribution in [0.15, 0.2) is 24.3 Å². The van der Waals surface area contributed by atoms with Crippen LogP contribution < -0.4 is 10.6 Å². The Morgan fingerprint density at radius 1 is 1.42 bits per heavy atom. The number of nitrogens with zero attached hydrogens (tertiary/aromatic N) is 1. The van der Waals surface area contributed by atoms with Gasteiger partial charge in [0.15, 0.2) is 0 Å². The number of ether oxygens (including phenoxy) is 1. The zero-order valence-electron chi connectivity index (χ0n) is 11.3. The number of aliphatic carboxylic acids is 1. The van der Waals surface area contributed by atoms with E-state index in [1.165, 1.54) is 0 Å². The van der Waals surface area contributed by atoms with Gasteiger partial charge in [-0.25, -0.2) is 0 Å². The van der Waals surface area contributed by atoms with Crippen molar-refractivity contribution in [3.05, 3.63) is 29.8 Å². The molecular formula is C14H20N2O3. The van der Waals surface area contributed by atoms with Crippen molar-refractivity contribution in [2.24, 2.45) is 5.73 Å². The van der Waals surface area contributed by atoms with Crippen molar-refractivity contribution in [2.45, 2.75) is 17.9 Å². The molecule has 1 aliphatic rings. The Labute approximate surface area is 113 Å². The van der Waals surface area contributed by atoms with E-state index in [1.54, 1.807) is 0 Å². The summed E-state index contributed by atoms with van der Waals surface area (Å²) >= 11 is 0. The van der Waals surface area contributed by atoms with Gasteiger partial charge in [-0.15, -0.1) is 0 Å². The summed E-state index contributed by atoms with van der Waals surface area (Å²) in [5, 5.41) is 8.90. The van der Waals surface area contributed by atoms with E-state index < -0.39 is 12.0 Å². The van der Waals surface area contributed by atoms with Crippen molar-refractivity contribution in [1.29, 1.82) is 0 Å². The summed E-state index contributed by atoms with van der Waals surface area (Å²) in [4.78, 5) is 12.9. The highest BCUT2D eigenvalue weighted by Gasteiger charge is 2.46. The van der Waals surface area contributed by atoms with Crippen LogP contribution in [0.2, 0.25) is 0 Å². The lowest BCUT2D eigenvalue weighted by molar-refractivity contribution is -0.140. The molecule has 1 aromatic rings. The van der Waals surface area contributed by atoms with Gasteiger partial charge in [0.05, 0.1) is 25.0 Å². The number of benzene rings is 1. The van der Waals surface area contributed by atoms with Gasteiger partial charge in [0.2, 0.25) is 0 Å². The normalized spacial score (nSPS) is 18.5. The quantitative estimate of drug-likeness (QED) is 0.823. The van der Waals surface area contributed by atoms with Crippen LogP contribution in [-0.4, -0.2) is 44.4 Å². The Hall–Kier alpha value is -1.59. The van der Waals surface area contributed by atoms with Gasteiger partial charge in [-0.1, -0.05) is 12.1 Å². The number of anilines is 1. The van der Waals surface area contributed by atoms with Gasteiger partial charge in [-0.3, -0.25) is 4.79 Å². The van der Waals surface area contributed by atoms with Gasteiger partial charge in [0, 0.05) is 25.8 Å². The molecule has 3 N–H and O–H groups in total. The summed E-state index contributed by atoms with van der Waals surface area (Å²) in [5.41, 5.74) is 7.87. The largest absolute Gasteiger partial charge is 0.481 e. The van der Waals surface area contributed by atoms with E-state index >= 15 is 0 Å². The first-order chi connectivity index (χ1) is 8.95. The fraction of sp³-hybridized carbons (Fsp3) is 0.500. The summed E-state index contributed by atoms with van der Waals surface area (Å²) in [6, 6.07) is 7.63. The zero-order valence-corrected chi connectivity index (χ0v) is 11.3. The minimum absolute atomic E-state index is 0.0429. The summed E-state index contributed by atoms with van der Waals surface area (Å²) in [6.45, 7) is 0.978. The number of carboxylic acids is 1. The fourth-order valence-electron chi connectivity index (χ4n) is 2.39. The van der Waals surface area contributed by atoms with Crippen molar-refractivity contribution < 1.29 is 14.6 Å². The average molecular weight is 264 g/mol. The van der Waals surface area contributed by atoms with E-state index in [9.17, 15) is 4.79 Å². The van der Waals surface area contributed by atoms with E-state index in [0.29, 0.717) is 13.2 Å². The van der Waals surface area contributed by atoms with Gasteiger partial charge in [-0.2, -0.15) is 0 Å². The van der Waals surface area contributed by atoms with Crippen molar-refractivity contribution in [3.8, 4) is 0 Å². The molecule has 5 heteroatoms. The van der Waals surface area contributed by atoms with E-state index in [2.05, 4.69) is 0 Å². The Kier molecular flexibility index (Phi) is 3.78. The number of hydrogen-bond donors (Lipinski definition) is 2. The first-order valence-corrected chi connectivity index (χ1v) is 6.29. The van der Waals surface area contributed by atoms with Crippen molar-refractivity contribution in [3.63, 3.8) is 0 Å². The number of carboxylic acid groups (broad SMARTS) is 1. The Morgan fingerprint density at radius 2 is 2.00 bits per heavy atom. The lowest BCUT2D eigenvalue weighted by Gasteiger charge is -2.46. The Bertz CT molecular complexity index is 452. The smallest absolute Gasteiger partial charge is 0.304 e. The van der Waals surface area contributed by atoms with E-state index in [1.807, 2.05) is 43.3 Å². The second-order valence-electron chi connectivity index (χ2n) is 5.29. The lowest BCUT2D eigenvalue weighted by Crippen LogP contribution is -2.59. The van der Waals surface area contributed by atoms with E-state index in [4.69, 9.17) is 15.6 Å². The van der Waals surface area contributed by atoms with Gasteiger partial charge in [0.1, 0.15) is 0 Å². The molecule has 104 valence electrons. The summed E-state index contributed by atoms with van der Waals surface area (Å²) in [7, 11) is 3.96. The van der Waals surface area contributed by atoms with Gasteiger partial charge < -0.3 is 20.5 Å². The first-order valence-electron chi connectivity index (χ1n) is 6.29. The van der Waals surface area contributed by atoms with Crippen LogP contribution in [0.4, 0.5) is 5.69 Å². The molecule has 1 fully saturated rings. The van der Waals surface area contributed by atoms with Crippen molar-refractivity contribution in [2.75, 3.05) is 32.2 Å². The molecule has 1 unspecified atom stereocenters. The molecule has 0 bridgehead atoms. The van der Waals surface area contributed by atoms with Crippen LogP contribution in [0.1, 0.15) is 12.0 Å². The molecule has 0 aromatic heterocycles. The standard InChI is InChI=1S/C14H20N2O3/c1-16(2)11-5-3-10(4-6-11)14(8-19-9-14)12(15)7-13(17)18/h3-6,12H,7-9,15H2,1-2H3,(H,17,18). The summed E-state index contributed by atoms with van der Waals surface area (Å²) in [6.07, 6.45) is -0.0429. The van der Waals surface area contributed by atoms with Crippen molar-refractivity contribution in [1.82, 2.24) is 0 Å². The van der Waals surface area contributed by atoms with Gasteiger partial charge in [-0.05, 0) is 17.7 Å². The SMILES string of the molecule is CN(C)c1ccc(C2(C(N)CC(=O)O)COC2)cc1. The van der Waals surface area contributed by atoms with Crippen LogP contribution in [0.5, 0.6) is 0 Å². The van der Waals surface area contributed by atoms with Crippen LogP contribution in [-0.2, 0) is 14.9 Å². The molecule has 5 nitrogen and oxygen atoms in total. The van der Waals surface area contributed by atoms with Crippen LogP contribution in [0.25, 0.3) is 0 Å². The molecule has 1 saturated heterocycles. The predicted molar refractivity (Wildman–Crippen MR) is 73.5 cm³/mol. The van der Waals surface area contributed by atoms with E-state index in [0.717, 1.165) is 11.3 Å². The second-order valence-corrected chi connectivity index (χ2v) is 5.29. The van der Waals surface area contributed by atoms with Gasteiger partial charge in [0.25, 0.3) is 0 Å². The van der Waals surface area contributed by atoms with Gasteiger partial charge >= 0.3 is 5.97 Å². The Morgan fingerprint density at radius 3 is 2.37 bits per heavy atom. The minimum atomic E-state index is -0.872. The molecule has 0 radical (unpaired) electrons. The molecule has 1 atom stereocenters. The number of carbonyl (C=O) groups is 1. The monoisotopic (exact) mass is 264 g/mol. The summed E-state index contributed by atoms with van der Waals surface area (Å²) in [5.74, 6) is -0.872. The Balaban J connectivity index is 2.23. The number of hydrogen-bond acceptors (Lipinski definition) is 4. The molecule has 0 saturated carbocycles. The highest BCUT2D eigenvalue weighted by molar-refractivity contribution is 5.68. The molecule has 1 aromatic carbocycles. The van der Waals surface area contributed by atoms with Crippen LogP contribution >= 0.6 is 0 Å². The molecule has 19 heavy (non-hydrogen) atoms. The topological polar surface area (TPSA) is 75.8 Å². The highest BCUT2D eigenvalue weighted by Crippen LogP contribution is 2.36. The first kappa shape index (κ1) is 13.8. The van der Waals surface area contributed by atoms with E-state index in [-0.39, 0.29) is 11.8 Å². The van der Waals surface area contributed by atoms with Crippen LogP contribution in [0.3, 0.4) is 0 Å². The second kappa shape index (κ2) is 5.19. The van der Waals surface area contributed by atoms with Crippen LogP contribution in [0, 0.1) is 0 Å². The fourth-order valence-corrected chi connectivity index (χ4v) is 2.39. The maximum Gasteiger partial charge on any atom is 0.304 e. The van der Waals surface area contributed by atoms with Crippen molar-refractivity contribution >= 4 is 11.7 Å². The molecule has 0 spiro atoms. The molecule has 1 aliphatic heterocycles. The molecule has 0 aliphatic carbocycles. The average Bonchev–Trinajstić information content (AvgIpc) is 2.27. The minimum Gasteiger partial charge on any atom is -0.481 e. The molecule has 1 heterocycles. The summed E-state index contributed by atoms with van der Waals surface area (Å²) < 4.78 is 5.29.